The third kappa shape index (κ3) is 5.67. The monoisotopic (exact) mass is 803 g/mol. The molecule has 2 heterocycles. The van der Waals surface area contributed by atoms with Crippen molar-refractivity contribution >= 4 is 93.3 Å². The van der Waals surface area contributed by atoms with Crippen molar-refractivity contribution in [2.24, 2.45) is 0 Å². The number of fused-ring (bicyclic) bond motifs is 11. The Labute approximate surface area is 363 Å². The van der Waals surface area contributed by atoms with Crippen LogP contribution in [0.5, 0.6) is 0 Å². The number of benzene rings is 11. The van der Waals surface area contributed by atoms with Crippen LogP contribution in [0.2, 0.25) is 0 Å². The maximum Gasteiger partial charge on any atom is 0.143 e. The van der Waals surface area contributed by atoms with Gasteiger partial charge in [-0.25, -0.2) is 0 Å². The van der Waals surface area contributed by atoms with Crippen LogP contribution in [0.1, 0.15) is 0 Å². The summed E-state index contributed by atoms with van der Waals surface area (Å²) in [4.78, 5) is 2.44. The quantitative estimate of drug-likeness (QED) is 0.157. The molecular formula is C60H37NO2. The van der Waals surface area contributed by atoms with Crippen LogP contribution >= 0.6 is 0 Å². The van der Waals surface area contributed by atoms with E-state index in [2.05, 4.69) is 217 Å². The highest BCUT2D eigenvalue weighted by atomic mass is 16.3. The maximum atomic E-state index is 6.82. The predicted octanol–water partition coefficient (Wildman–Crippen LogP) is 17.4. The Bertz CT molecular complexity index is 3910. The van der Waals surface area contributed by atoms with Gasteiger partial charge in [0.1, 0.15) is 22.3 Å². The van der Waals surface area contributed by atoms with Gasteiger partial charge in [-0.15, -0.1) is 0 Å². The molecule has 0 saturated heterocycles. The minimum atomic E-state index is 0.845. The molecule has 0 bridgehead atoms. The fourth-order valence-corrected chi connectivity index (χ4v) is 9.88. The smallest absolute Gasteiger partial charge is 0.143 e. The van der Waals surface area contributed by atoms with Crippen molar-refractivity contribution in [2.45, 2.75) is 0 Å². The number of rotatable bonds is 6. The molecule has 0 aliphatic rings. The van der Waals surface area contributed by atoms with Crippen LogP contribution < -0.4 is 4.90 Å². The number of hydrogen-bond donors (Lipinski definition) is 0. The molecule has 2 aromatic heterocycles. The average Bonchev–Trinajstić information content (AvgIpc) is 3.93. The van der Waals surface area contributed by atoms with Crippen LogP contribution in [0.25, 0.3) is 110 Å². The molecule has 0 radical (unpaired) electrons. The van der Waals surface area contributed by atoms with Gasteiger partial charge < -0.3 is 13.7 Å². The van der Waals surface area contributed by atoms with Crippen LogP contribution in [0.15, 0.2) is 233 Å². The van der Waals surface area contributed by atoms with Gasteiger partial charge in [0.05, 0.1) is 16.8 Å². The second-order valence-electron chi connectivity index (χ2n) is 16.4. The zero-order valence-corrected chi connectivity index (χ0v) is 34.1. The van der Waals surface area contributed by atoms with Crippen molar-refractivity contribution in [1.29, 1.82) is 0 Å². The topological polar surface area (TPSA) is 29.5 Å². The first-order chi connectivity index (χ1) is 31.2. The zero-order valence-electron chi connectivity index (χ0n) is 34.1. The van der Waals surface area contributed by atoms with Crippen molar-refractivity contribution in [3.05, 3.63) is 224 Å². The summed E-state index contributed by atoms with van der Waals surface area (Å²) in [5, 5.41) is 11.6. The van der Waals surface area contributed by atoms with Crippen molar-refractivity contribution in [3.8, 4) is 33.4 Å². The van der Waals surface area contributed by atoms with Crippen LogP contribution in [0.4, 0.5) is 17.1 Å². The van der Waals surface area contributed by atoms with E-state index in [0.29, 0.717) is 0 Å². The van der Waals surface area contributed by atoms with E-state index >= 15 is 0 Å². The molecule has 0 amide bonds. The van der Waals surface area contributed by atoms with E-state index in [1.807, 2.05) is 12.1 Å². The average molecular weight is 804 g/mol. The molecule has 0 atom stereocenters. The molecular weight excluding hydrogens is 767 g/mol. The molecule has 3 heteroatoms. The normalized spacial score (nSPS) is 11.8. The Morgan fingerprint density at radius 2 is 0.921 bits per heavy atom. The van der Waals surface area contributed by atoms with Crippen molar-refractivity contribution in [3.63, 3.8) is 0 Å². The number of para-hydroxylation sites is 1. The van der Waals surface area contributed by atoms with Gasteiger partial charge in [0.2, 0.25) is 0 Å². The number of furan rings is 2. The summed E-state index contributed by atoms with van der Waals surface area (Å²) in [6.45, 7) is 0. The van der Waals surface area contributed by atoms with Crippen molar-refractivity contribution in [2.75, 3.05) is 4.90 Å². The van der Waals surface area contributed by atoms with Crippen LogP contribution in [-0.2, 0) is 0 Å². The third-order valence-electron chi connectivity index (χ3n) is 12.9. The molecule has 0 aliphatic heterocycles. The highest BCUT2D eigenvalue weighted by molar-refractivity contribution is 6.20. The van der Waals surface area contributed by atoms with Gasteiger partial charge in [0, 0.05) is 32.8 Å². The first kappa shape index (κ1) is 35.4. The van der Waals surface area contributed by atoms with Gasteiger partial charge >= 0.3 is 0 Å². The second-order valence-corrected chi connectivity index (χ2v) is 16.4. The molecule has 13 rings (SSSR count). The van der Waals surface area contributed by atoms with Crippen LogP contribution in [0.3, 0.4) is 0 Å². The summed E-state index contributed by atoms with van der Waals surface area (Å²) >= 11 is 0. The Balaban J connectivity index is 1.06. The maximum absolute atomic E-state index is 6.82. The molecule has 0 unspecified atom stereocenters. The molecule has 11 aromatic carbocycles. The summed E-state index contributed by atoms with van der Waals surface area (Å²) in [6.07, 6.45) is 0. The standard InChI is InChI=1S/C60H37NO2/c1-2-12-39(13-3-1)47-32-29-43(46-19-10-20-49-45-16-6-4-14-40(45)26-33-50(46)49)36-55(47)61(54-21-11-23-57-59(54)53-35-27-41-15-5-7-17-48(41)60(53)63-57)44-30-24-38(25-31-44)42-28-34-52-51-18-8-9-22-56(51)62-58(52)37-42/h1-37H. The van der Waals surface area contributed by atoms with Gasteiger partial charge in [-0.2, -0.15) is 0 Å². The fourth-order valence-electron chi connectivity index (χ4n) is 9.88. The van der Waals surface area contributed by atoms with Crippen molar-refractivity contribution < 1.29 is 8.83 Å². The lowest BCUT2D eigenvalue weighted by Crippen LogP contribution is -2.12. The molecule has 63 heavy (non-hydrogen) atoms. The minimum absolute atomic E-state index is 0.845. The van der Waals surface area contributed by atoms with Gasteiger partial charge in [-0.1, -0.05) is 170 Å². The largest absolute Gasteiger partial charge is 0.456 e. The Hall–Kier alpha value is -8.40. The number of hydrogen-bond acceptors (Lipinski definition) is 3. The molecule has 0 N–H and O–H groups in total. The van der Waals surface area contributed by atoms with Gasteiger partial charge in [-0.3, -0.25) is 0 Å². The molecule has 0 aliphatic carbocycles. The van der Waals surface area contributed by atoms with Crippen molar-refractivity contribution in [1.82, 2.24) is 0 Å². The predicted molar refractivity (Wildman–Crippen MR) is 265 cm³/mol. The summed E-state index contributed by atoms with van der Waals surface area (Å²) < 4.78 is 13.1. The first-order valence-electron chi connectivity index (χ1n) is 21.5. The molecule has 0 fully saturated rings. The molecule has 294 valence electrons. The summed E-state index contributed by atoms with van der Waals surface area (Å²) in [6, 6.07) is 80.7. The SMILES string of the molecule is c1ccc(-c2ccc(-c3cccc4c3ccc3ccccc34)cc2N(c2ccc(-c3ccc4c(c3)oc3ccccc34)cc2)c2cccc3oc4c5ccccc5ccc4c23)cc1. The highest BCUT2D eigenvalue weighted by Gasteiger charge is 2.24. The van der Waals surface area contributed by atoms with Gasteiger partial charge in [0.15, 0.2) is 0 Å². The lowest BCUT2D eigenvalue weighted by atomic mass is 9.92. The first-order valence-corrected chi connectivity index (χ1v) is 21.5. The van der Waals surface area contributed by atoms with E-state index in [-0.39, 0.29) is 0 Å². The lowest BCUT2D eigenvalue weighted by Gasteiger charge is -2.29. The minimum Gasteiger partial charge on any atom is -0.456 e. The van der Waals surface area contributed by atoms with E-state index < -0.39 is 0 Å². The Morgan fingerprint density at radius 3 is 1.78 bits per heavy atom. The Morgan fingerprint density at radius 1 is 0.286 bits per heavy atom. The highest BCUT2D eigenvalue weighted by Crippen LogP contribution is 2.49. The zero-order chi connectivity index (χ0) is 41.4. The summed E-state index contributed by atoms with van der Waals surface area (Å²) in [5.74, 6) is 0. The fraction of sp³-hybridized carbons (Fsp3) is 0. The molecule has 0 spiro atoms. The molecule has 13 aromatic rings. The van der Waals surface area contributed by atoms with Gasteiger partial charge in [0.25, 0.3) is 0 Å². The third-order valence-corrected chi connectivity index (χ3v) is 12.9. The molecule has 0 saturated carbocycles. The summed E-state index contributed by atoms with van der Waals surface area (Å²) in [7, 11) is 0. The van der Waals surface area contributed by atoms with Gasteiger partial charge in [-0.05, 0) is 109 Å². The van der Waals surface area contributed by atoms with E-state index in [9.17, 15) is 0 Å². The number of nitrogens with zero attached hydrogens (tertiary/aromatic N) is 1. The van der Waals surface area contributed by atoms with E-state index in [1.165, 1.54) is 27.1 Å². The summed E-state index contributed by atoms with van der Waals surface area (Å²) in [5.41, 5.74) is 13.5. The van der Waals surface area contributed by atoms with E-state index in [4.69, 9.17) is 8.83 Å². The van der Waals surface area contributed by atoms with Crippen LogP contribution in [-0.4, -0.2) is 0 Å². The van der Waals surface area contributed by atoms with E-state index in [1.54, 1.807) is 0 Å². The second kappa shape index (κ2) is 14.1. The van der Waals surface area contributed by atoms with Crippen LogP contribution in [0, 0.1) is 0 Å². The lowest BCUT2D eigenvalue weighted by molar-refractivity contribution is 0.669. The van der Waals surface area contributed by atoms with E-state index in [0.717, 1.165) is 99.5 Å². The number of anilines is 3. The Kier molecular flexibility index (Phi) is 7.91. The molecule has 3 nitrogen and oxygen atoms in total.